The van der Waals surface area contributed by atoms with Gasteiger partial charge in [0.1, 0.15) is 18.5 Å². The maximum Gasteiger partial charge on any atom is 0.423 e. The minimum atomic E-state index is -4.51. The Morgan fingerprint density at radius 2 is 2.22 bits per heavy atom. The summed E-state index contributed by atoms with van der Waals surface area (Å²) in [6.45, 7) is 1.80. The molecule has 0 amide bonds. The summed E-state index contributed by atoms with van der Waals surface area (Å²) in [6.07, 6.45) is 1.35. The van der Waals surface area contributed by atoms with Crippen LogP contribution in [0.25, 0.3) is 0 Å². The molecule has 128 valence electrons. The number of methoxy groups -OCH3 is 1. The van der Waals surface area contributed by atoms with Gasteiger partial charge in [-0.05, 0) is 32.2 Å². The van der Waals surface area contributed by atoms with Crippen LogP contribution in [-0.2, 0) is 10.9 Å². The molecular formula is C15H20F3N3O2. The van der Waals surface area contributed by atoms with Crippen LogP contribution < -0.4 is 4.74 Å². The van der Waals surface area contributed by atoms with E-state index >= 15 is 0 Å². The maximum absolute atomic E-state index is 12.9. The summed E-state index contributed by atoms with van der Waals surface area (Å²) in [7, 11) is 1.69. The maximum atomic E-state index is 12.9. The first-order chi connectivity index (χ1) is 11.0. The molecule has 3 rings (SSSR count). The first kappa shape index (κ1) is 16.4. The number of hydrogen-bond donors (Lipinski definition) is 0. The lowest BCUT2D eigenvalue weighted by Gasteiger charge is -2.34. The number of nitrogens with zero attached hydrogens (tertiary/aromatic N) is 3. The topological polar surface area (TPSA) is 47.5 Å². The summed E-state index contributed by atoms with van der Waals surface area (Å²) in [5, 5.41) is 0. The highest BCUT2D eigenvalue weighted by Crippen LogP contribution is 2.43. The Labute approximate surface area is 132 Å². The molecule has 2 aliphatic heterocycles. The molecule has 0 N–H and O–H groups in total. The fourth-order valence-electron chi connectivity index (χ4n) is 3.86. The number of halogens is 3. The highest BCUT2D eigenvalue weighted by atomic mass is 19.4. The van der Waals surface area contributed by atoms with Gasteiger partial charge in [0.15, 0.2) is 0 Å². The van der Waals surface area contributed by atoms with Crippen LogP contribution in [0.5, 0.6) is 5.88 Å². The second-order valence-electron chi connectivity index (χ2n) is 6.20. The highest BCUT2D eigenvalue weighted by molar-refractivity contribution is 5.25. The molecule has 2 aliphatic rings. The van der Waals surface area contributed by atoms with E-state index in [1.54, 1.807) is 7.11 Å². The zero-order chi connectivity index (χ0) is 16.5. The zero-order valence-corrected chi connectivity index (χ0v) is 13.0. The lowest BCUT2D eigenvalue weighted by Crippen LogP contribution is -2.47. The van der Waals surface area contributed by atoms with Crippen molar-refractivity contribution in [1.82, 2.24) is 14.9 Å². The fourth-order valence-corrected chi connectivity index (χ4v) is 3.86. The van der Waals surface area contributed by atoms with Gasteiger partial charge in [0.05, 0.1) is 6.61 Å². The van der Waals surface area contributed by atoms with Crippen LogP contribution in [0, 0.1) is 0 Å². The summed E-state index contributed by atoms with van der Waals surface area (Å²) in [4.78, 5) is 9.43. The molecule has 2 fully saturated rings. The molecule has 5 nitrogen and oxygen atoms in total. The highest BCUT2D eigenvalue weighted by Gasteiger charge is 2.49. The van der Waals surface area contributed by atoms with Crippen LogP contribution in [0.1, 0.15) is 31.2 Å². The molecule has 23 heavy (non-hydrogen) atoms. The SMILES string of the molecule is COCC12CCCN1C(COc1ncncc1C(F)(F)F)CC2. The summed E-state index contributed by atoms with van der Waals surface area (Å²) in [5.41, 5.74) is -0.899. The second-order valence-corrected chi connectivity index (χ2v) is 6.20. The molecule has 1 aromatic heterocycles. The first-order valence-corrected chi connectivity index (χ1v) is 7.72. The Morgan fingerprint density at radius 1 is 1.39 bits per heavy atom. The van der Waals surface area contributed by atoms with E-state index in [0.29, 0.717) is 6.61 Å². The van der Waals surface area contributed by atoms with Crippen molar-refractivity contribution in [2.24, 2.45) is 0 Å². The van der Waals surface area contributed by atoms with Gasteiger partial charge >= 0.3 is 6.18 Å². The first-order valence-electron chi connectivity index (χ1n) is 7.72. The van der Waals surface area contributed by atoms with E-state index in [9.17, 15) is 13.2 Å². The van der Waals surface area contributed by atoms with E-state index in [1.165, 1.54) is 0 Å². The van der Waals surface area contributed by atoms with E-state index in [2.05, 4.69) is 14.9 Å². The molecule has 0 radical (unpaired) electrons. The third-order valence-corrected chi connectivity index (χ3v) is 4.84. The number of rotatable bonds is 5. The van der Waals surface area contributed by atoms with Crippen LogP contribution in [0.2, 0.25) is 0 Å². The molecular weight excluding hydrogens is 311 g/mol. The van der Waals surface area contributed by atoms with Crippen molar-refractivity contribution in [3.63, 3.8) is 0 Å². The predicted octanol–water partition coefficient (Wildman–Crippen LogP) is 2.52. The Kier molecular flexibility index (Phi) is 4.46. The number of hydrogen-bond acceptors (Lipinski definition) is 5. The van der Waals surface area contributed by atoms with Crippen molar-refractivity contribution >= 4 is 0 Å². The molecule has 0 aliphatic carbocycles. The van der Waals surface area contributed by atoms with Crippen LogP contribution in [0.4, 0.5) is 13.2 Å². The zero-order valence-electron chi connectivity index (χ0n) is 13.0. The summed E-state index contributed by atoms with van der Waals surface area (Å²) < 4.78 is 49.6. The van der Waals surface area contributed by atoms with E-state index in [4.69, 9.17) is 9.47 Å². The summed E-state index contributed by atoms with van der Waals surface area (Å²) in [5.74, 6) is -0.393. The van der Waals surface area contributed by atoms with Crippen LogP contribution in [0.3, 0.4) is 0 Å². The molecule has 8 heteroatoms. The molecule has 3 heterocycles. The molecule has 0 saturated carbocycles. The van der Waals surface area contributed by atoms with Gasteiger partial charge in [-0.2, -0.15) is 13.2 Å². The Balaban J connectivity index is 1.68. The third kappa shape index (κ3) is 3.14. The number of alkyl halides is 3. The van der Waals surface area contributed by atoms with E-state index in [1.807, 2.05) is 0 Å². The number of fused-ring (bicyclic) bond motifs is 1. The van der Waals surface area contributed by atoms with E-state index < -0.39 is 17.6 Å². The predicted molar refractivity (Wildman–Crippen MR) is 76.1 cm³/mol. The Bertz CT molecular complexity index is 555. The minimum absolute atomic E-state index is 0.0291. The van der Waals surface area contributed by atoms with Gasteiger partial charge in [0.25, 0.3) is 0 Å². The van der Waals surface area contributed by atoms with Crippen LogP contribution >= 0.6 is 0 Å². The van der Waals surface area contributed by atoms with E-state index in [0.717, 1.165) is 44.8 Å². The minimum Gasteiger partial charge on any atom is -0.475 e. The average molecular weight is 331 g/mol. The van der Waals surface area contributed by atoms with Gasteiger partial charge in [0, 0.05) is 24.9 Å². The number of aromatic nitrogens is 2. The summed E-state index contributed by atoms with van der Waals surface area (Å²) in [6, 6.07) is 0.101. The normalized spacial score (nSPS) is 28.1. The van der Waals surface area contributed by atoms with Crippen molar-refractivity contribution in [3.05, 3.63) is 18.1 Å². The van der Waals surface area contributed by atoms with Crippen LogP contribution in [-0.4, -0.2) is 53.3 Å². The van der Waals surface area contributed by atoms with Gasteiger partial charge in [-0.25, -0.2) is 9.97 Å². The van der Waals surface area contributed by atoms with Crippen molar-refractivity contribution in [1.29, 1.82) is 0 Å². The van der Waals surface area contributed by atoms with Crippen molar-refractivity contribution in [2.45, 2.75) is 43.4 Å². The van der Waals surface area contributed by atoms with Crippen molar-refractivity contribution in [2.75, 3.05) is 26.9 Å². The quantitative estimate of drug-likeness (QED) is 0.830. The standard InChI is InChI=1S/C15H20F3N3O2/c1-22-9-14-4-2-6-21(14)11(3-5-14)8-23-13-12(15(16,17)18)7-19-10-20-13/h7,10-11H,2-6,8-9H2,1H3. The van der Waals surface area contributed by atoms with Gasteiger partial charge in [-0.1, -0.05) is 0 Å². The molecule has 1 aromatic rings. The number of ether oxygens (including phenoxy) is 2. The van der Waals surface area contributed by atoms with Gasteiger partial charge in [-0.15, -0.1) is 0 Å². The Hall–Kier alpha value is -1.41. The molecule has 0 spiro atoms. The second kappa shape index (κ2) is 6.24. The van der Waals surface area contributed by atoms with Gasteiger partial charge < -0.3 is 9.47 Å². The lowest BCUT2D eigenvalue weighted by molar-refractivity contribution is -0.139. The fraction of sp³-hybridized carbons (Fsp3) is 0.733. The average Bonchev–Trinajstić information content (AvgIpc) is 3.04. The monoisotopic (exact) mass is 331 g/mol. The van der Waals surface area contributed by atoms with Crippen molar-refractivity contribution < 1.29 is 22.6 Å². The summed E-state index contributed by atoms with van der Waals surface area (Å²) >= 11 is 0. The molecule has 2 atom stereocenters. The molecule has 0 aromatic carbocycles. The lowest BCUT2D eigenvalue weighted by atomic mass is 9.95. The Morgan fingerprint density at radius 3 is 2.96 bits per heavy atom. The van der Waals surface area contributed by atoms with Crippen molar-refractivity contribution in [3.8, 4) is 5.88 Å². The third-order valence-electron chi connectivity index (χ3n) is 4.84. The largest absolute Gasteiger partial charge is 0.475 e. The molecule has 2 saturated heterocycles. The smallest absolute Gasteiger partial charge is 0.423 e. The van der Waals surface area contributed by atoms with E-state index in [-0.39, 0.29) is 18.2 Å². The molecule has 0 bridgehead atoms. The van der Waals surface area contributed by atoms with Crippen LogP contribution in [0.15, 0.2) is 12.5 Å². The van der Waals surface area contributed by atoms with Gasteiger partial charge in [0.2, 0.25) is 5.88 Å². The molecule has 2 unspecified atom stereocenters. The van der Waals surface area contributed by atoms with Gasteiger partial charge in [-0.3, -0.25) is 4.90 Å².